The second-order valence-electron chi connectivity index (χ2n) is 5.60. The lowest BCUT2D eigenvalue weighted by Crippen LogP contribution is -2.21. The van der Waals surface area contributed by atoms with Crippen molar-refractivity contribution in [1.82, 2.24) is 9.97 Å². The third kappa shape index (κ3) is 5.06. The van der Waals surface area contributed by atoms with Crippen LogP contribution in [-0.2, 0) is 6.42 Å². The van der Waals surface area contributed by atoms with Gasteiger partial charge >= 0.3 is 0 Å². The molecule has 1 aliphatic heterocycles. The first kappa shape index (κ1) is 16.4. The maximum absolute atomic E-state index is 4.48. The van der Waals surface area contributed by atoms with Crippen LogP contribution in [-0.4, -0.2) is 34.1 Å². The van der Waals surface area contributed by atoms with Gasteiger partial charge in [0, 0.05) is 23.9 Å². The highest BCUT2D eigenvalue weighted by atomic mass is 32.2. The van der Waals surface area contributed by atoms with Crippen molar-refractivity contribution in [2.24, 2.45) is 0 Å². The first-order valence-corrected chi connectivity index (χ1v) is 9.33. The van der Waals surface area contributed by atoms with Crippen LogP contribution in [0.25, 0.3) is 0 Å². The van der Waals surface area contributed by atoms with Crippen molar-refractivity contribution < 1.29 is 0 Å². The molecule has 0 aromatic carbocycles. The summed E-state index contributed by atoms with van der Waals surface area (Å²) in [6.45, 7) is 6.36. The molecule has 1 aromatic heterocycles. The van der Waals surface area contributed by atoms with Gasteiger partial charge in [-0.05, 0) is 31.4 Å². The molecule has 1 aliphatic rings. The summed E-state index contributed by atoms with van der Waals surface area (Å²) in [5, 5.41) is 7.73. The maximum Gasteiger partial charge on any atom is 0.134 e. The van der Waals surface area contributed by atoms with Gasteiger partial charge in [0.25, 0.3) is 0 Å². The van der Waals surface area contributed by atoms with Crippen LogP contribution >= 0.6 is 11.8 Å². The molecule has 0 bridgehead atoms. The first-order chi connectivity index (χ1) is 10.3. The second kappa shape index (κ2) is 9.13. The topological polar surface area (TPSA) is 49.8 Å². The van der Waals surface area contributed by atoms with Gasteiger partial charge in [-0.2, -0.15) is 11.8 Å². The molecule has 0 saturated carbocycles. The van der Waals surface area contributed by atoms with Gasteiger partial charge in [0.15, 0.2) is 0 Å². The predicted molar refractivity (Wildman–Crippen MR) is 93.4 cm³/mol. The Morgan fingerprint density at radius 3 is 2.62 bits per heavy atom. The van der Waals surface area contributed by atoms with Crippen LogP contribution < -0.4 is 10.6 Å². The second-order valence-corrected chi connectivity index (χ2v) is 7.00. The van der Waals surface area contributed by atoms with E-state index in [1.807, 2.05) is 0 Å². The van der Waals surface area contributed by atoms with E-state index in [1.54, 1.807) is 6.33 Å². The molecule has 0 amide bonds. The molecular weight excluding hydrogens is 280 g/mol. The lowest BCUT2D eigenvalue weighted by molar-refractivity contribution is 0.676. The molecule has 2 rings (SSSR count). The SMILES string of the molecule is CCCNc1ncnc(NCC2CCCCS2)c1CCC. The van der Waals surface area contributed by atoms with Crippen LogP contribution in [0.2, 0.25) is 0 Å². The monoisotopic (exact) mass is 308 g/mol. The van der Waals surface area contributed by atoms with E-state index in [9.17, 15) is 0 Å². The molecule has 2 N–H and O–H groups in total. The number of hydrogen-bond acceptors (Lipinski definition) is 5. The normalized spacial score (nSPS) is 18.5. The number of nitrogens with zero attached hydrogens (tertiary/aromatic N) is 2. The van der Waals surface area contributed by atoms with Crippen LogP contribution in [0.15, 0.2) is 6.33 Å². The summed E-state index contributed by atoms with van der Waals surface area (Å²) in [7, 11) is 0. The van der Waals surface area contributed by atoms with Gasteiger partial charge in [0.05, 0.1) is 0 Å². The van der Waals surface area contributed by atoms with Crippen molar-refractivity contribution in [3.8, 4) is 0 Å². The lowest BCUT2D eigenvalue weighted by atomic mass is 10.1. The molecule has 0 radical (unpaired) electrons. The van der Waals surface area contributed by atoms with E-state index < -0.39 is 0 Å². The Kier molecular flexibility index (Phi) is 7.13. The van der Waals surface area contributed by atoms with Crippen LogP contribution in [0.3, 0.4) is 0 Å². The third-order valence-corrected chi connectivity index (χ3v) is 5.16. The largest absolute Gasteiger partial charge is 0.370 e. The zero-order valence-corrected chi connectivity index (χ0v) is 14.1. The van der Waals surface area contributed by atoms with E-state index in [0.29, 0.717) is 0 Å². The highest BCUT2D eigenvalue weighted by molar-refractivity contribution is 7.99. The molecule has 118 valence electrons. The van der Waals surface area contributed by atoms with E-state index in [1.165, 1.54) is 30.6 Å². The number of aromatic nitrogens is 2. The molecule has 0 aliphatic carbocycles. The van der Waals surface area contributed by atoms with Crippen LogP contribution in [0.5, 0.6) is 0 Å². The Hall–Kier alpha value is -0.970. The highest BCUT2D eigenvalue weighted by Gasteiger charge is 2.16. The molecule has 1 atom stereocenters. The summed E-state index contributed by atoms with van der Waals surface area (Å²) in [5.74, 6) is 3.34. The maximum atomic E-state index is 4.48. The quantitative estimate of drug-likeness (QED) is 0.761. The Balaban J connectivity index is 2.02. The molecule has 4 nitrogen and oxygen atoms in total. The zero-order chi connectivity index (χ0) is 14.9. The lowest BCUT2D eigenvalue weighted by Gasteiger charge is -2.22. The fourth-order valence-electron chi connectivity index (χ4n) is 2.63. The number of anilines is 2. The summed E-state index contributed by atoms with van der Waals surface area (Å²) in [6.07, 6.45) is 8.99. The minimum absolute atomic E-state index is 0.732. The Labute approximate surface area is 132 Å². The number of nitrogens with one attached hydrogen (secondary N) is 2. The number of hydrogen-bond donors (Lipinski definition) is 2. The van der Waals surface area contributed by atoms with Gasteiger partial charge in [-0.1, -0.05) is 26.7 Å². The Morgan fingerprint density at radius 1 is 1.14 bits per heavy atom. The summed E-state index contributed by atoms with van der Waals surface area (Å²) in [5.41, 5.74) is 1.24. The van der Waals surface area contributed by atoms with E-state index in [4.69, 9.17) is 0 Å². The Bertz CT molecular complexity index is 419. The fraction of sp³-hybridized carbons (Fsp3) is 0.750. The summed E-state index contributed by atoms with van der Waals surface area (Å²) < 4.78 is 0. The average Bonchev–Trinajstić information content (AvgIpc) is 2.53. The van der Waals surface area contributed by atoms with Gasteiger partial charge in [0.1, 0.15) is 18.0 Å². The van der Waals surface area contributed by atoms with E-state index in [0.717, 1.165) is 49.2 Å². The molecule has 2 heterocycles. The van der Waals surface area contributed by atoms with Gasteiger partial charge < -0.3 is 10.6 Å². The third-order valence-electron chi connectivity index (χ3n) is 3.76. The van der Waals surface area contributed by atoms with Crippen molar-refractivity contribution in [3.63, 3.8) is 0 Å². The van der Waals surface area contributed by atoms with Crippen LogP contribution in [0.1, 0.15) is 51.5 Å². The van der Waals surface area contributed by atoms with Crippen molar-refractivity contribution in [2.45, 2.75) is 57.6 Å². The van der Waals surface area contributed by atoms with Crippen molar-refractivity contribution in [3.05, 3.63) is 11.9 Å². The molecule has 1 unspecified atom stereocenters. The average molecular weight is 308 g/mol. The van der Waals surface area contributed by atoms with Gasteiger partial charge in [0.2, 0.25) is 0 Å². The molecule has 21 heavy (non-hydrogen) atoms. The first-order valence-electron chi connectivity index (χ1n) is 8.28. The van der Waals surface area contributed by atoms with E-state index in [-0.39, 0.29) is 0 Å². The smallest absolute Gasteiger partial charge is 0.134 e. The molecule has 1 aromatic rings. The minimum Gasteiger partial charge on any atom is -0.370 e. The van der Waals surface area contributed by atoms with Crippen LogP contribution in [0.4, 0.5) is 11.6 Å². The molecule has 1 saturated heterocycles. The highest BCUT2D eigenvalue weighted by Crippen LogP contribution is 2.27. The standard InChI is InChI=1S/C16H28N4S/c1-3-7-14-15(17-9-4-2)19-12-20-16(14)18-11-13-8-5-6-10-21-13/h12-13H,3-11H2,1-2H3,(H2,17,18,19,20). The van der Waals surface area contributed by atoms with Gasteiger partial charge in [-0.25, -0.2) is 9.97 Å². The summed E-state index contributed by atoms with van der Waals surface area (Å²) >= 11 is 2.10. The predicted octanol–water partition coefficient (Wildman–Crippen LogP) is 3.95. The summed E-state index contributed by atoms with van der Waals surface area (Å²) in [4.78, 5) is 8.90. The zero-order valence-electron chi connectivity index (χ0n) is 13.3. The van der Waals surface area contributed by atoms with E-state index >= 15 is 0 Å². The van der Waals surface area contributed by atoms with E-state index in [2.05, 4.69) is 46.2 Å². The van der Waals surface area contributed by atoms with Crippen molar-refractivity contribution in [2.75, 3.05) is 29.5 Å². The Morgan fingerprint density at radius 2 is 1.95 bits per heavy atom. The molecule has 1 fully saturated rings. The molecule has 5 heteroatoms. The number of thioether (sulfide) groups is 1. The van der Waals surface area contributed by atoms with Crippen molar-refractivity contribution >= 4 is 23.4 Å². The van der Waals surface area contributed by atoms with Gasteiger partial charge in [-0.15, -0.1) is 0 Å². The van der Waals surface area contributed by atoms with Crippen molar-refractivity contribution in [1.29, 1.82) is 0 Å². The summed E-state index contributed by atoms with van der Waals surface area (Å²) in [6, 6.07) is 0. The van der Waals surface area contributed by atoms with Crippen LogP contribution in [0, 0.1) is 0 Å². The fourth-order valence-corrected chi connectivity index (χ4v) is 3.86. The molecular formula is C16H28N4S. The van der Waals surface area contributed by atoms with Gasteiger partial charge in [-0.3, -0.25) is 0 Å². The molecule has 0 spiro atoms. The number of rotatable bonds is 8. The minimum atomic E-state index is 0.732.